The second-order valence-corrected chi connectivity index (χ2v) is 9.66. The van der Waals surface area contributed by atoms with Crippen molar-refractivity contribution < 1.29 is 14.3 Å². The summed E-state index contributed by atoms with van der Waals surface area (Å²) >= 11 is 2.78. The van der Waals surface area contributed by atoms with E-state index < -0.39 is 5.97 Å². The van der Waals surface area contributed by atoms with Crippen molar-refractivity contribution in [1.82, 2.24) is 14.9 Å². The summed E-state index contributed by atoms with van der Waals surface area (Å²) in [5, 5.41) is 3.73. The van der Waals surface area contributed by atoms with Gasteiger partial charge in [0.25, 0.3) is 5.56 Å². The van der Waals surface area contributed by atoms with E-state index >= 15 is 0 Å². The number of nitrogens with one attached hydrogen (secondary N) is 1. The van der Waals surface area contributed by atoms with Crippen LogP contribution in [0.25, 0.3) is 15.9 Å². The monoisotopic (exact) mass is 471 g/mol. The zero-order valence-electron chi connectivity index (χ0n) is 18.1. The molecule has 1 aliphatic carbocycles. The molecule has 4 rings (SSSR count). The molecule has 0 atom stereocenters. The average Bonchev–Trinajstić information content (AvgIpc) is 3.16. The second-order valence-electron chi connectivity index (χ2n) is 7.63. The minimum Gasteiger partial charge on any atom is -0.465 e. The molecule has 2 aromatic heterocycles. The van der Waals surface area contributed by atoms with Crippen LogP contribution in [-0.4, -0.2) is 40.3 Å². The fraction of sp³-hybridized carbons (Fsp3) is 0.391. The third kappa shape index (κ3) is 4.73. The van der Waals surface area contributed by atoms with Gasteiger partial charge in [-0.05, 0) is 57.2 Å². The molecular weight excluding hydrogens is 446 g/mol. The van der Waals surface area contributed by atoms with Crippen LogP contribution in [0.3, 0.4) is 0 Å². The van der Waals surface area contributed by atoms with Crippen molar-refractivity contribution in [2.75, 3.05) is 18.9 Å². The first-order chi connectivity index (χ1) is 15.5. The maximum Gasteiger partial charge on any atom is 0.325 e. The van der Waals surface area contributed by atoms with Crippen molar-refractivity contribution in [3.8, 4) is 5.69 Å². The topological polar surface area (TPSA) is 90.3 Å². The van der Waals surface area contributed by atoms with Gasteiger partial charge < -0.3 is 10.1 Å². The summed E-state index contributed by atoms with van der Waals surface area (Å²) in [5.41, 5.74) is 2.86. The van der Waals surface area contributed by atoms with E-state index in [1.807, 2.05) is 31.2 Å². The van der Waals surface area contributed by atoms with Gasteiger partial charge in [-0.3, -0.25) is 19.0 Å². The summed E-state index contributed by atoms with van der Waals surface area (Å²) in [5.74, 6) is -0.765. The predicted molar refractivity (Wildman–Crippen MR) is 127 cm³/mol. The largest absolute Gasteiger partial charge is 0.465 e. The Balaban J connectivity index is 1.68. The highest BCUT2D eigenvalue weighted by atomic mass is 32.2. The van der Waals surface area contributed by atoms with E-state index in [0.29, 0.717) is 10.5 Å². The lowest BCUT2D eigenvalue weighted by Crippen LogP contribution is -2.32. The molecule has 0 saturated heterocycles. The molecule has 0 unspecified atom stereocenters. The van der Waals surface area contributed by atoms with Crippen LogP contribution in [0, 0.1) is 6.92 Å². The van der Waals surface area contributed by atoms with Crippen LogP contribution in [0.4, 0.5) is 0 Å². The lowest BCUT2D eigenvalue weighted by molar-refractivity contribution is -0.143. The molecule has 2 heterocycles. The number of rotatable bonds is 7. The molecule has 0 spiro atoms. The molecule has 32 heavy (non-hydrogen) atoms. The molecule has 1 amide bonds. The molecule has 3 aromatic rings. The fourth-order valence-corrected chi connectivity index (χ4v) is 5.91. The van der Waals surface area contributed by atoms with Crippen molar-refractivity contribution >= 4 is 45.2 Å². The quantitative estimate of drug-likeness (QED) is 0.323. The third-order valence-electron chi connectivity index (χ3n) is 5.32. The standard InChI is InChI=1S/C23H25N3O4S2/c1-3-30-19(28)12-24-18(27)13-31-23-25-21-20(16-6-4-5-7-17(16)32-21)22(29)26(23)15-10-8-14(2)9-11-15/h8-11H,3-7,12-13H2,1-2H3,(H,24,27). The Labute approximate surface area is 194 Å². The Morgan fingerprint density at radius 1 is 1.22 bits per heavy atom. The number of thiophene rings is 1. The van der Waals surface area contributed by atoms with Gasteiger partial charge in [-0.25, -0.2) is 4.98 Å². The number of nitrogens with zero attached hydrogens (tertiary/aromatic N) is 2. The summed E-state index contributed by atoms with van der Waals surface area (Å²) in [6, 6.07) is 7.70. The van der Waals surface area contributed by atoms with Crippen LogP contribution in [0.15, 0.2) is 34.2 Å². The normalized spacial score (nSPS) is 13.1. The zero-order valence-corrected chi connectivity index (χ0v) is 19.7. The molecule has 0 fully saturated rings. The van der Waals surface area contributed by atoms with E-state index in [4.69, 9.17) is 9.72 Å². The number of fused-ring (bicyclic) bond motifs is 3. The van der Waals surface area contributed by atoms with Crippen molar-refractivity contribution in [2.24, 2.45) is 0 Å². The van der Waals surface area contributed by atoms with Gasteiger partial charge in [0.15, 0.2) is 5.16 Å². The molecular formula is C23H25N3O4S2. The Hall–Kier alpha value is -2.65. The number of esters is 1. The Kier molecular flexibility index (Phi) is 6.95. The lowest BCUT2D eigenvalue weighted by Gasteiger charge is -2.14. The van der Waals surface area contributed by atoms with Gasteiger partial charge in [-0.15, -0.1) is 11.3 Å². The summed E-state index contributed by atoms with van der Waals surface area (Å²) in [7, 11) is 0. The van der Waals surface area contributed by atoms with Gasteiger partial charge in [0.2, 0.25) is 5.91 Å². The molecule has 1 aliphatic rings. The van der Waals surface area contributed by atoms with Crippen LogP contribution in [0.1, 0.15) is 35.8 Å². The van der Waals surface area contributed by atoms with Gasteiger partial charge in [-0.1, -0.05) is 29.5 Å². The minimum absolute atomic E-state index is 0.0360. The maximum absolute atomic E-state index is 13.7. The number of carbonyl (C=O) groups is 2. The van der Waals surface area contributed by atoms with Gasteiger partial charge in [0.05, 0.1) is 23.4 Å². The third-order valence-corrected chi connectivity index (χ3v) is 7.44. The first kappa shape index (κ1) is 22.5. The fourth-order valence-electron chi connectivity index (χ4n) is 3.77. The number of aromatic nitrogens is 2. The van der Waals surface area contributed by atoms with E-state index in [0.717, 1.165) is 47.3 Å². The molecule has 168 valence electrons. The predicted octanol–water partition coefficient (Wildman–Crippen LogP) is 3.41. The van der Waals surface area contributed by atoms with E-state index in [1.54, 1.807) is 22.8 Å². The minimum atomic E-state index is -0.480. The number of amides is 1. The van der Waals surface area contributed by atoms with Crippen LogP contribution < -0.4 is 10.9 Å². The van der Waals surface area contributed by atoms with E-state index in [1.165, 1.54) is 16.6 Å². The number of hydrogen-bond acceptors (Lipinski definition) is 7. The van der Waals surface area contributed by atoms with Gasteiger partial charge >= 0.3 is 5.97 Å². The number of aryl methyl sites for hydroxylation is 3. The van der Waals surface area contributed by atoms with Crippen molar-refractivity contribution in [1.29, 1.82) is 0 Å². The van der Waals surface area contributed by atoms with Crippen molar-refractivity contribution in [2.45, 2.75) is 44.7 Å². The van der Waals surface area contributed by atoms with Gasteiger partial charge in [0, 0.05) is 4.88 Å². The molecule has 0 bridgehead atoms. The Morgan fingerprint density at radius 2 is 1.97 bits per heavy atom. The van der Waals surface area contributed by atoms with Gasteiger partial charge in [-0.2, -0.15) is 0 Å². The van der Waals surface area contributed by atoms with E-state index in [2.05, 4.69) is 5.32 Å². The van der Waals surface area contributed by atoms with E-state index in [9.17, 15) is 14.4 Å². The second kappa shape index (κ2) is 9.87. The number of benzene rings is 1. The number of ether oxygens (including phenoxy) is 1. The summed E-state index contributed by atoms with van der Waals surface area (Å²) in [6.07, 6.45) is 4.11. The summed E-state index contributed by atoms with van der Waals surface area (Å²) in [4.78, 5) is 44.2. The lowest BCUT2D eigenvalue weighted by atomic mass is 9.97. The maximum atomic E-state index is 13.7. The molecule has 0 saturated carbocycles. The first-order valence-corrected chi connectivity index (χ1v) is 12.5. The van der Waals surface area contributed by atoms with Crippen molar-refractivity contribution in [3.63, 3.8) is 0 Å². The van der Waals surface area contributed by atoms with Crippen LogP contribution in [-0.2, 0) is 27.2 Å². The molecule has 1 aromatic carbocycles. The highest BCUT2D eigenvalue weighted by Crippen LogP contribution is 2.35. The molecule has 7 nitrogen and oxygen atoms in total. The number of thioether (sulfide) groups is 1. The summed E-state index contributed by atoms with van der Waals surface area (Å²) < 4.78 is 6.43. The number of hydrogen-bond donors (Lipinski definition) is 1. The van der Waals surface area contributed by atoms with Crippen molar-refractivity contribution in [3.05, 3.63) is 50.6 Å². The Bertz CT molecular complexity index is 1210. The zero-order chi connectivity index (χ0) is 22.7. The molecule has 0 aliphatic heterocycles. The summed E-state index contributed by atoms with van der Waals surface area (Å²) in [6.45, 7) is 3.79. The molecule has 9 heteroatoms. The van der Waals surface area contributed by atoms with Crippen LogP contribution in [0.2, 0.25) is 0 Å². The number of carbonyl (C=O) groups excluding carboxylic acids is 2. The highest BCUT2D eigenvalue weighted by Gasteiger charge is 2.23. The van der Waals surface area contributed by atoms with Crippen LogP contribution >= 0.6 is 23.1 Å². The molecule has 1 N–H and O–H groups in total. The first-order valence-electron chi connectivity index (χ1n) is 10.7. The Morgan fingerprint density at radius 3 is 2.72 bits per heavy atom. The SMILES string of the molecule is CCOC(=O)CNC(=O)CSc1nc2sc3c(c2c(=O)n1-c1ccc(C)cc1)CCCC3. The van der Waals surface area contributed by atoms with E-state index in [-0.39, 0.29) is 30.4 Å². The van der Waals surface area contributed by atoms with Crippen LogP contribution in [0.5, 0.6) is 0 Å². The smallest absolute Gasteiger partial charge is 0.325 e. The highest BCUT2D eigenvalue weighted by molar-refractivity contribution is 7.99. The average molecular weight is 472 g/mol. The van der Waals surface area contributed by atoms with Gasteiger partial charge in [0.1, 0.15) is 11.4 Å². The molecule has 0 radical (unpaired) electrons.